The van der Waals surface area contributed by atoms with E-state index in [0.29, 0.717) is 17.4 Å². The highest BCUT2D eigenvalue weighted by atomic mass is 35.5. The molecule has 2 heterocycles. The van der Waals surface area contributed by atoms with E-state index in [4.69, 9.17) is 21.1 Å². The molecule has 0 atom stereocenters. The van der Waals surface area contributed by atoms with Crippen molar-refractivity contribution in [1.82, 2.24) is 10.2 Å². The number of hydrogen-bond donors (Lipinski definition) is 1. The summed E-state index contributed by atoms with van der Waals surface area (Å²) < 4.78 is 12.3. The summed E-state index contributed by atoms with van der Waals surface area (Å²) in [7, 11) is 0. The van der Waals surface area contributed by atoms with Gasteiger partial charge in [-0.3, -0.25) is 4.79 Å². The largest absolute Gasteiger partial charge is 0.488 e. The Morgan fingerprint density at radius 2 is 2.06 bits per heavy atom. The van der Waals surface area contributed by atoms with Gasteiger partial charge in [-0.2, -0.15) is 5.10 Å². The molecule has 0 saturated carbocycles. The minimum Gasteiger partial charge on any atom is -0.488 e. The molecule has 0 saturated heterocycles. The zero-order valence-electron chi connectivity index (χ0n) is 19.1. The van der Waals surface area contributed by atoms with Crippen LogP contribution in [-0.4, -0.2) is 21.7 Å². The summed E-state index contributed by atoms with van der Waals surface area (Å²) in [6.45, 7) is 8.50. The highest BCUT2D eigenvalue weighted by molar-refractivity contribution is 6.30. The SMILES string of the molecule is Cc1c(C=CC(=O)Nc2cccnn2)ccc(OCc2cc(Cl)cc3c2OC(C)(C)C3)c1C. The van der Waals surface area contributed by atoms with E-state index in [-0.39, 0.29) is 11.5 Å². The summed E-state index contributed by atoms with van der Waals surface area (Å²) in [6, 6.07) is 11.1. The summed E-state index contributed by atoms with van der Waals surface area (Å²) in [6.07, 6.45) is 5.62. The summed E-state index contributed by atoms with van der Waals surface area (Å²) in [5, 5.41) is 11.0. The van der Waals surface area contributed by atoms with Crippen LogP contribution in [0.1, 0.15) is 41.7 Å². The van der Waals surface area contributed by atoms with Crippen LogP contribution in [0, 0.1) is 13.8 Å². The average Bonchev–Trinajstić information content (AvgIpc) is 3.08. The lowest BCUT2D eigenvalue weighted by atomic mass is 10.0. The molecule has 1 aliphatic rings. The predicted molar refractivity (Wildman–Crippen MR) is 130 cm³/mol. The number of aromatic nitrogens is 2. The van der Waals surface area contributed by atoms with Crippen LogP contribution in [0.3, 0.4) is 0 Å². The Labute approximate surface area is 198 Å². The van der Waals surface area contributed by atoms with Crippen molar-refractivity contribution >= 4 is 29.4 Å². The molecule has 33 heavy (non-hydrogen) atoms. The van der Waals surface area contributed by atoms with Crippen LogP contribution < -0.4 is 14.8 Å². The van der Waals surface area contributed by atoms with Crippen LogP contribution in [0.15, 0.2) is 48.7 Å². The van der Waals surface area contributed by atoms with E-state index in [2.05, 4.69) is 29.4 Å². The maximum absolute atomic E-state index is 12.2. The van der Waals surface area contributed by atoms with Crippen LogP contribution >= 0.6 is 11.6 Å². The fraction of sp³-hybridized carbons (Fsp3) is 0.269. The van der Waals surface area contributed by atoms with Crippen LogP contribution in [0.25, 0.3) is 6.08 Å². The number of carbonyl (C=O) groups excluding carboxylic acids is 1. The van der Waals surface area contributed by atoms with Gasteiger partial charge in [0, 0.05) is 29.3 Å². The predicted octanol–water partition coefficient (Wildman–Crippen LogP) is 5.69. The Hall–Kier alpha value is -3.38. The van der Waals surface area contributed by atoms with E-state index < -0.39 is 0 Å². The van der Waals surface area contributed by atoms with Gasteiger partial charge in [0.25, 0.3) is 0 Å². The van der Waals surface area contributed by atoms with Gasteiger partial charge in [-0.1, -0.05) is 17.7 Å². The Morgan fingerprint density at radius 1 is 1.24 bits per heavy atom. The van der Waals surface area contributed by atoms with Crippen molar-refractivity contribution in [2.75, 3.05) is 5.32 Å². The zero-order chi connectivity index (χ0) is 23.6. The van der Waals surface area contributed by atoms with Crippen LogP contribution in [0.5, 0.6) is 11.5 Å². The molecule has 0 fully saturated rings. The Bertz CT molecular complexity index is 1220. The van der Waals surface area contributed by atoms with Gasteiger partial charge in [0.1, 0.15) is 23.7 Å². The van der Waals surface area contributed by atoms with Gasteiger partial charge < -0.3 is 14.8 Å². The van der Waals surface area contributed by atoms with Crippen LogP contribution in [-0.2, 0) is 17.8 Å². The van der Waals surface area contributed by atoms with Crippen LogP contribution in [0.4, 0.5) is 5.82 Å². The number of anilines is 1. The number of nitrogens with one attached hydrogen (secondary N) is 1. The number of benzene rings is 2. The summed E-state index contributed by atoms with van der Waals surface area (Å²) in [4.78, 5) is 12.2. The molecular weight excluding hydrogens is 438 g/mol. The van der Waals surface area contributed by atoms with Gasteiger partial charge in [0.05, 0.1) is 0 Å². The fourth-order valence-electron chi connectivity index (χ4n) is 3.86. The van der Waals surface area contributed by atoms with Gasteiger partial charge in [-0.05, 0) is 86.4 Å². The second-order valence-corrected chi connectivity index (χ2v) is 9.15. The van der Waals surface area contributed by atoms with Crippen molar-refractivity contribution in [1.29, 1.82) is 0 Å². The highest BCUT2D eigenvalue weighted by Crippen LogP contribution is 2.40. The smallest absolute Gasteiger partial charge is 0.249 e. The first-order chi connectivity index (χ1) is 15.7. The lowest BCUT2D eigenvalue weighted by Gasteiger charge is -2.19. The first-order valence-corrected chi connectivity index (χ1v) is 11.1. The monoisotopic (exact) mass is 463 g/mol. The molecule has 1 amide bonds. The normalized spacial score (nSPS) is 14.1. The fourth-order valence-corrected chi connectivity index (χ4v) is 4.13. The number of amides is 1. The van der Waals surface area contributed by atoms with Gasteiger partial charge in [-0.15, -0.1) is 5.10 Å². The Kier molecular flexibility index (Phi) is 6.38. The van der Waals surface area contributed by atoms with E-state index in [1.807, 2.05) is 38.1 Å². The van der Waals surface area contributed by atoms with E-state index in [9.17, 15) is 4.79 Å². The van der Waals surface area contributed by atoms with E-state index in [1.54, 1.807) is 24.4 Å². The lowest BCUT2D eigenvalue weighted by molar-refractivity contribution is -0.111. The maximum atomic E-state index is 12.2. The highest BCUT2D eigenvalue weighted by Gasteiger charge is 2.32. The molecule has 7 heteroatoms. The van der Waals surface area contributed by atoms with Crippen molar-refractivity contribution in [2.45, 2.75) is 46.3 Å². The third-order valence-corrected chi connectivity index (χ3v) is 5.82. The summed E-state index contributed by atoms with van der Waals surface area (Å²) in [5.74, 6) is 1.78. The van der Waals surface area contributed by atoms with Gasteiger partial charge in [0.15, 0.2) is 5.82 Å². The molecule has 2 aromatic carbocycles. The molecule has 0 aliphatic carbocycles. The molecule has 1 N–H and O–H groups in total. The summed E-state index contributed by atoms with van der Waals surface area (Å²) >= 11 is 6.33. The maximum Gasteiger partial charge on any atom is 0.249 e. The number of carbonyl (C=O) groups is 1. The van der Waals surface area contributed by atoms with E-state index in [1.165, 1.54) is 6.08 Å². The zero-order valence-corrected chi connectivity index (χ0v) is 19.9. The number of nitrogens with zero attached hydrogens (tertiary/aromatic N) is 2. The molecule has 0 radical (unpaired) electrons. The molecular formula is C26H26ClN3O3. The average molecular weight is 464 g/mol. The second kappa shape index (κ2) is 9.24. The van der Waals surface area contributed by atoms with E-state index in [0.717, 1.165) is 45.7 Å². The van der Waals surface area contributed by atoms with Gasteiger partial charge in [-0.25, -0.2) is 0 Å². The van der Waals surface area contributed by atoms with Crippen molar-refractivity contribution in [3.05, 3.63) is 81.5 Å². The number of fused-ring (bicyclic) bond motifs is 1. The molecule has 6 nitrogen and oxygen atoms in total. The molecule has 0 spiro atoms. The van der Waals surface area contributed by atoms with Crippen molar-refractivity contribution in [3.63, 3.8) is 0 Å². The molecule has 1 aromatic heterocycles. The molecule has 4 rings (SSSR count). The molecule has 3 aromatic rings. The van der Waals surface area contributed by atoms with E-state index >= 15 is 0 Å². The second-order valence-electron chi connectivity index (χ2n) is 8.71. The molecule has 0 bridgehead atoms. The lowest BCUT2D eigenvalue weighted by Crippen LogP contribution is -2.25. The van der Waals surface area contributed by atoms with Gasteiger partial charge in [0.2, 0.25) is 5.91 Å². The first kappa shape index (κ1) is 22.8. The quantitative estimate of drug-likeness (QED) is 0.475. The third-order valence-electron chi connectivity index (χ3n) is 5.60. The molecule has 1 aliphatic heterocycles. The number of rotatable bonds is 6. The van der Waals surface area contributed by atoms with Crippen LogP contribution in [0.2, 0.25) is 5.02 Å². The number of ether oxygens (including phenoxy) is 2. The number of hydrogen-bond acceptors (Lipinski definition) is 5. The topological polar surface area (TPSA) is 73.3 Å². The summed E-state index contributed by atoms with van der Waals surface area (Å²) in [5.41, 5.74) is 4.77. The van der Waals surface area contributed by atoms with Crippen molar-refractivity contribution in [2.24, 2.45) is 0 Å². The standard InChI is InChI=1S/C26H26ClN3O3/c1-16-17(2)22(9-7-18(16)8-10-24(31)29-23-6-5-11-28-30-23)32-15-20-13-21(27)12-19-14-26(3,4)33-25(19)20/h5-13H,14-15H2,1-4H3,(H,29,30,31). The Morgan fingerprint density at radius 3 is 2.82 bits per heavy atom. The number of halogens is 1. The molecule has 0 unspecified atom stereocenters. The van der Waals surface area contributed by atoms with Gasteiger partial charge >= 0.3 is 0 Å². The third kappa shape index (κ3) is 5.34. The minimum atomic E-state index is -0.273. The Balaban J connectivity index is 1.46. The molecule has 170 valence electrons. The van der Waals surface area contributed by atoms with Crippen molar-refractivity contribution < 1.29 is 14.3 Å². The minimum absolute atomic E-state index is 0.248. The first-order valence-electron chi connectivity index (χ1n) is 10.7. The van der Waals surface area contributed by atoms with Crippen molar-refractivity contribution in [3.8, 4) is 11.5 Å².